The minimum absolute atomic E-state index is 0.134. The Balaban J connectivity index is 2.92. The van der Waals surface area contributed by atoms with E-state index in [1.54, 1.807) is 0 Å². The molecule has 0 aliphatic carbocycles. The second kappa shape index (κ2) is 4.59. The smallest absolute Gasteiger partial charge is 0.258 e. The average Bonchev–Trinajstić information content (AvgIpc) is 2.18. The van der Waals surface area contributed by atoms with E-state index in [-0.39, 0.29) is 11.3 Å². The van der Waals surface area contributed by atoms with Crippen LogP contribution >= 0.6 is 0 Å². The maximum atomic E-state index is 12.5. The Morgan fingerprint density at radius 1 is 1.33 bits per heavy atom. The van der Waals surface area contributed by atoms with Crippen LogP contribution in [0, 0.1) is 10.1 Å². The highest BCUT2D eigenvalue weighted by Crippen LogP contribution is 2.19. The summed E-state index contributed by atoms with van der Waals surface area (Å²) < 4.78 is 36.0. The average molecular weight is 217 g/mol. The Bertz CT molecular complexity index is 414. The van der Waals surface area contributed by atoms with E-state index in [1.165, 1.54) is 18.2 Å². The molecule has 0 saturated heterocycles. The molecule has 1 aromatic carbocycles. The molecule has 0 atom stereocenters. The highest BCUT2D eigenvalue weighted by Gasteiger charge is 2.10. The molecule has 3 nitrogen and oxygen atoms in total. The van der Waals surface area contributed by atoms with Crippen molar-refractivity contribution >= 4 is 5.69 Å². The maximum absolute atomic E-state index is 12.5. The van der Waals surface area contributed by atoms with Crippen molar-refractivity contribution in [3.8, 4) is 0 Å². The summed E-state index contributed by atoms with van der Waals surface area (Å²) in [6, 6.07) is 4.92. The lowest BCUT2D eigenvalue weighted by Gasteiger charge is -1.98. The van der Waals surface area contributed by atoms with Gasteiger partial charge in [0.05, 0.1) is 4.92 Å². The Morgan fingerprint density at radius 2 is 2.00 bits per heavy atom. The fourth-order valence-corrected chi connectivity index (χ4v) is 1.03. The van der Waals surface area contributed by atoms with E-state index in [1.807, 2.05) is 0 Å². The summed E-state index contributed by atoms with van der Waals surface area (Å²) in [5.41, 5.74) is -0.117. The first-order valence-corrected chi connectivity index (χ1v) is 3.93. The summed E-state index contributed by atoms with van der Waals surface area (Å²) >= 11 is 0. The topological polar surface area (TPSA) is 43.1 Å². The van der Waals surface area contributed by atoms with Gasteiger partial charge in [0.15, 0.2) is 5.83 Å². The standard InChI is InChI=1S/C9H6F3NO2/c10-8(9(11)12)5-6-2-1-3-7(4-6)13(14)15/h1-4H,5H2. The molecule has 0 amide bonds. The minimum Gasteiger partial charge on any atom is -0.258 e. The van der Waals surface area contributed by atoms with Gasteiger partial charge in [-0.15, -0.1) is 0 Å². The van der Waals surface area contributed by atoms with Crippen LogP contribution in [0.5, 0.6) is 0 Å². The summed E-state index contributed by atoms with van der Waals surface area (Å²) in [7, 11) is 0. The van der Waals surface area contributed by atoms with Crippen LogP contribution in [0.25, 0.3) is 0 Å². The number of nitro benzene ring substituents is 1. The fraction of sp³-hybridized carbons (Fsp3) is 0.111. The van der Waals surface area contributed by atoms with Crippen LogP contribution in [-0.2, 0) is 6.42 Å². The van der Waals surface area contributed by atoms with Crippen LogP contribution in [0.4, 0.5) is 18.9 Å². The molecule has 0 unspecified atom stereocenters. The molecule has 0 aliphatic heterocycles. The molecule has 1 aromatic rings. The van der Waals surface area contributed by atoms with E-state index < -0.39 is 23.3 Å². The molecule has 0 aliphatic rings. The van der Waals surface area contributed by atoms with Crippen molar-refractivity contribution in [2.75, 3.05) is 0 Å². The van der Waals surface area contributed by atoms with Gasteiger partial charge in [-0.05, 0) is 5.56 Å². The molecule has 6 heteroatoms. The van der Waals surface area contributed by atoms with Crippen LogP contribution in [-0.4, -0.2) is 4.92 Å². The Hall–Kier alpha value is -1.85. The molecule has 15 heavy (non-hydrogen) atoms. The van der Waals surface area contributed by atoms with Gasteiger partial charge in [-0.2, -0.15) is 8.78 Å². The van der Waals surface area contributed by atoms with Crippen LogP contribution < -0.4 is 0 Å². The molecule has 0 aromatic heterocycles. The quantitative estimate of drug-likeness (QED) is 0.576. The van der Waals surface area contributed by atoms with Crippen molar-refractivity contribution in [2.45, 2.75) is 6.42 Å². The first kappa shape index (κ1) is 11.2. The van der Waals surface area contributed by atoms with E-state index >= 15 is 0 Å². The van der Waals surface area contributed by atoms with Crippen LogP contribution in [0.2, 0.25) is 0 Å². The molecule has 0 radical (unpaired) electrons. The van der Waals surface area contributed by atoms with Gasteiger partial charge in [-0.3, -0.25) is 10.1 Å². The van der Waals surface area contributed by atoms with Crippen molar-refractivity contribution in [3.63, 3.8) is 0 Å². The van der Waals surface area contributed by atoms with Crippen molar-refractivity contribution in [3.05, 3.63) is 51.9 Å². The van der Waals surface area contributed by atoms with E-state index in [0.29, 0.717) is 0 Å². The third kappa shape index (κ3) is 3.08. The van der Waals surface area contributed by atoms with Crippen molar-refractivity contribution in [2.24, 2.45) is 0 Å². The lowest BCUT2D eigenvalue weighted by atomic mass is 10.1. The predicted molar refractivity (Wildman–Crippen MR) is 47.2 cm³/mol. The largest absolute Gasteiger partial charge is 0.301 e. The van der Waals surface area contributed by atoms with E-state index in [0.717, 1.165) is 6.07 Å². The summed E-state index contributed by atoms with van der Waals surface area (Å²) in [6.45, 7) is 0. The number of rotatable bonds is 3. The van der Waals surface area contributed by atoms with Gasteiger partial charge in [0.2, 0.25) is 0 Å². The SMILES string of the molecule is O=[N+]([O-])c1cccc(CC(F)=C(F)F)c1. The summed E-state index contributed by atoms with van der Waals surface area (Å²) in [6.07, 6.45) is -3.04. The lowest BCUT2D eigenvalue weighted by Crippen LogP contribution is -1.91. The number of nitrogens with zero attached hydrogens (tertiary/aromatic N) is 1. The van der Waals surface area contributed by atoms with Crippen LogP contribution in [0.3, 0.4) is 0 Å². The summed E-state index contributed by atoms with van der Waals surface area (Å²) in [5, 5.41) is 10.3. The molecule has 0 fully saturated rings. The van der Waals surface area contributed by atoms with Crippen LogP contribution in [0.1, 0.15) is 5.56 Å². The van der Waals surface area contributed by atoms with Gasteiger partial charge in [0.25, 0.3) is 5.69 Å². The molecule has 80 valence electrons. The number of benzene rings is 1. The monoisotopic (exact) mass is 217 g/mol. The summed E-state index contributed by atoms with van der Waals surface area (Å²) in [4.78, 5) is 9.65. The second-order valence-electron chi connectivity index (χ2n) is 2.77. The third-order valence-electron chi connectivity index (χ3n) is 1.69. The number of hydrogen-bond acceptors (Lipinski definition) is 2. The van der Waals surface area contributed by atoms with Crippen molar-refractivity contribution < 1.29 is 18.1 Å². The number of halogens is 3. The highest BCUT2D eigenvalue weighted by molar-refractivity contribution is 5.35. The third-order valence-corrected chi connectivity index (χ3v) is 1.69. The number of allylic oxidation sites excluding steroid dienone is 1. The summed E-state index contributed by atoms with van der Waals surface area (Å²) in [5.74, 6) is -1.57. The van der Waals surface area contributed by atoms with Gasteiger partial charge in [-0.25, -0.2) is 4.39 Å². The molecular formula is C9H6F3NO2. The molecule has 0 N–H and O–H groups in total. The van der Waals surface area contributed by atoms with Gasteiger partial charge in [0, 0.05) is 18.6 Å². The zero-order chi connectivity index (χ0) is 11.4. The highest BCUT2D eigenvalue weighted by atomic mass is 19.3. The van der Waals surface area contributed by atoms with E-state index in [2.05, 4.69) is 0 Å². The Labute approximate surface area is 83.0 Å². The number of hydrogen-bond donors (Lipinski definition) is 0. The Morgan fingerprint density at radius 3 is 2.53 bits per heavy atom. The molecule has 0 spiro atoms. The molecule has 0 heterocycles. The molecule has 0 saturated carbocycles. The van der Waals surface area contributed by atoms with Crippen molar-refractivity contribution in [1.29, 1.82) is 0 Å². The molecule has 0 bridgehead atoms. The number of non-ortho nitro benzene ring substituents is 1. The first-order valence-electron chi connectivity index (χ1n) is 3.93. The van der Waals surface area contributed by atoms with E-state index in [9.17, 15) is 23.3 Å². The van der Waals surface area contributed by atoms with Gasteiger partial charge in [0.1, 0.15) is 0 Å². The lowest BCUT2D eigenvalue weighted by molar-refractivity contribution is -0.384. The fourth-order valence-electron chi connectivity index (χ4n) is 1.03. The first-order chi connectivity index (χ1) is 7.00. The zero-order valence-corrected chi connectivity index (χ0v) is 7.41. The van der Waals surface area contributed by atoms with Gasteiger partial charge in [-0.1, -0.05) is 12.1 Å². The van der Waals surface area contributed by atoms with Gasteiger partial charge >= 0.3 is 6.08 Å². The Kier molecular flexibility index (Phi) is 3.43. The zero-order valence-electron chi connectivity index (χ0n) is 7.41. The second-order valence-corrected chi connectivity index (χ2v) is 2.77. The van der Waals surface area contributed by atoms with Crippen LogP contribution in [0.15, 0.2) is 36.2 Å². The molecular weight excluding hydrogens is 211 g/mol. The maximum Gasteiger partial charge on any atom is 0.301 e. The number of nitro groups is 1. The predicted octanol–water partition coefficient (Wildman–Crippen LogP) is 3.21. The minimum atomic E-state index is -2.40. The van der Waals surface area contributed by atoms with E-state index in [4.69, 9.17) is 0 Å². The van der Waals surface area contributed by atoms with Crippen molar-refractivity contribution in [1.82, 2.24) is 0 Å². The van der Waals surface area contributed by atoms with Gasteiger partial charge < -0.3 is 0 Å². The molecule has 1 rings (SSSR count). The normalized spacial score (nSPS) is 9.80.